The van der Waals surface area contributed by atoms with Gasteiger partial charge < -0.3 is 10.7 Å². The number of hydroxylamine groups is 2. The molecule has 0 radical (unpaired) electrons. The first-order valence-electron chi connectivity index (χ1n) is 12.1. The minimum Gasteiger partial charge on any atom is -0.341 e. The zero-order chi connectivity index (χ0) is 24.2. The fourth-order valence-corrected chi connectivity index (χ4v) is 5.07. The van der Waals surface area contributed by atoms with Crippen LogP contribution in [0.2, 0.25) is 0 Å². The number of aromatic nitrogens is 3. The fraction of sp³-hybridized carbons (Fsp3) is 0.333. The first-order chi connectivity index (χ1) is 17.1. The van der Waals surface area contributed by atoms with Gasteiger partial charge in [0.15, 0.2) is 0 Å². The van der Waals surface area contributed by atoms with Gasteiger partial charge in [-0.3, -0.25) is 19.9 Å². The molecule has 182 valence electrons. The summed E-state index contributed by atoms with van der Waals surface area (Å²) in [5.41, 5.74) is 13.8. The van der Waals surface area contributed by atoms with Crippen molar-refractivity contribution >= 4 is 11.0 Å². The van der Waals surface area contributed by atoms with Crippen LogP contribution in [0.4, 0.5) is 0 Å². The van der Waals surface area contributed by atoms with Crippen LogP contribution in [-0.4, -0.2) is 37.3 Å². The third-order valence-corrected chi connectivity index (χ3v) is 6.76. The van der Waals surface area contributed by atoms with Gasteiger partial charge >= 0.3 is 0 Å². The van der Waals surface area contributed by atoms with E-state index in [9.17, 15) is 5.21 Å². The Hall–Kier alpha value is -3.14. The smallest absolute Gasteiger partial charge is 0.121 e. The second-order valence-corrected chi connectivity index (χ2v) is 9.06. The normalized spacial score (nSPS) is 15.7. The number of nitrogens with zero attached hydrogens (tertiary/aromatic N) is 4. The Kier molecular flexibility index (Phi) is 7.17. The van der Waals surface area contributed by atoms with Gasteiger partial charge in [0.05, 0.1) is 35.9 Å². The van der Waals surface area contributed by atoms with Crippen molar-refractivity contribution in [2.75, 3.05) is 7.05 Å². The Morgan fingerprint density at radius 2 is 1.94 bits per heavy atom. The van der Waals surface area contributed by atoms with Gasteiger partial charge in [-0.2, -0.15) is 0 Å². The molecule has 1 atom stereocenters. The first-order valence-corrected chi connectivity index (χ1v) is 12.1. The zero-order valence-electron chi connectivity index (χ0n) is 20.0. The molecular formula is C27H32N6O2. The van der Waals surface area contributed by atoms with E-state index in [1.807, 2.05) is 42.6 Å². The van der Waals surface area contributed by atoms with Gasteiger partial charge in [0.2, 0.25) is 0 Å². The number of pyridine rings is 1. The summed E-state index contributed by atoms with van der Waals surface area (Å²) >= 11 is 0. The number of para-hydroxylation sites is 2. The lowest BCUT2D eigenvalue weighted by atomic mass is 9.90. The summed E-state index contributed by atoms with van der Waals surface area (Å²) in [7, 11) is 1.46. The van der Waals surface area contributed by atoms with E-state index in [0.29, 0.717) is 19.6 Å². The molecule has 8 heteroatoms. The highest BCUT2D eigenvalue weighted by molar-refractivity contribution is 5.74. The number of fused-ring (bicyclic) bond motifs is 2. The SMILES string of the molecule is CN(O)OCc1cccc(CN)c1CN(Cc1nc2ccccc2[nH]1)C1CCCc2cccnc21. The molecule has 4 N–H and O–H groups in total. The Balaban J connectivity index is 1.53. The maximum atomic E-state index is 9.55. The molecular weight excluding hydrogens is 440 g/mol. The third kappa shape index (κ3) is 5.27. The van der Waals surface area contributed by atoms with Crippen LogP contribution in [0.25, 0.3) is 11.0 Å². The average molecular weight is 473 g/mol. The van der Waals surface area contributed by atoms with Crippen LogP contribution in [0.3, 0.4) is 0 Å². The number of imidazole rings is 1. The summed E-state index contributed by atoms with van der Waals surface area (Å²) in [6.07, 6.45) is 5.09. The minimum atomic E-state index is 0.160. The molecule has 0 amide bonds. The van der Waals surface area contributed by atoms with Crippen LogP contribution < -0.4 is 5.73 Å². The van der Waals surface area contributed by atoms with Crippen LogP contribution in [0, 0.1) is 0 Å². The van der Waals surface area contributed by atoms with Gasteiger partial charge in [0.25, 0.3) is 0 Å². The summed E-state index contributed by atoms with van der Waals surface area (Å²) in [5.74, 6) is 0.923. The van der Waals surface area contributed by atoms with Gasteiger partial charge in [0.1, 0.15) is 5.82 Å². The van der Waals surface area contributed by atoms with Crippen molar-refractivity contribution in [1.29, 1.82) is 0 Å². The first kappa shape index (κ1) is 23.6. The summed E-state index contributed by atoms with van der Waals surface area (Å²) in [5, 5.41) is 10.3. The summed E-state index contributed by atoms with van der Waals surface area (Å²) in [6.45, 7) is 2.00. The number of nitrogens with two attached hydrogens (primary N) is 1. The molecule has 1 unspecified atom stereocenters. The number of hydrogen-bond donors (Lipinski definition) is 3. The zero-order valence-corrected chi connectivity index (χ0v) is 20.0. The van der Waals surface area contributed by atoms with Gasteiger partial charge in [-0.1, -0.05) is 41.6 Å². The molecule has 1 aliphatic carbocycles. The van der Waals surface area contributed by atoms with Crippen LogP contribution >= 0.6 is 0 Å². The van der Waals surface area contributed by atoms with Gasteiger partial charge in [-0.25, -0.2) is 4.98 Å². The number of benzene rings is 2. The number of hydrogen-bond acceptors (Lipinski definition) is 7. The summed E-state index contributed by atoms with van der Waals surface area (Å²) in [6, 6.07) is 18.6. The minimum absolute atomic E-state index is 0.160. The van der Waals surface area contributed by atoms with E-state index in [4.69, 9.17) is 20.5 Å². The lowest BCUT2D eigenvalue weighted by molar-refractivity contribution is -0.330. The topological polar surface area (TPSA) is 104 Å². The third-order valence-electron chi connectivity index (χ3n) is 6.76. The van der Waals surface area contributed by atoms with Crippen molar-refractivity contribution in [3.63, 3.8) is 0 Å². The second kappa shape index (κ2) is 10.6. The van der Waals surface area contributed by atoms with Crippen molar-refractivity contribution in [3.05, 3.63) is 94.6 Å². The molecule has 1 aliphatic rings. The van der Waals surface area contributed by atoms with E-state index in [2.05, 4.69) is 28.1 Å². The van der Waals surface area contributed by atoms with Gasteiger partial charge in [0, 0.05) is 26.3 Å². The van der Waals surface area contributed by atoms with Crippen molar-refractivity contribution < 1.29 is 10.0 Å². The van der Waals surface area contributed by atoms with E-state index in [-0.39, 0.29) is 12.6 Å². The Morgan fingerprint density at radius 3 is 2.77 bits per heavy atom. The van der Waals surface area contributed by atoms with Gasteiger partial charge in [-0.15, -0.1) is 0 Å². The molecule has 0 saturated heterocycles. The summed E-state index contributed by atoms with van der Waals surface area (Å²) < 4.78 is 0. The predicted molar refractivity (Wildman–Crippen MR) is 134 cm³/mol. The van der Waals surface area contributed by atoms with Crippen molar-refractivity contribution in [2.45, 2.75) is 51.5 Å². The standard InChI is InChI=1S/C27H32N6O2/c1-32(34)35-18-21-9-4-8-20(15-28)22(21)16-33(17-26-30-23-11-2-3-12-24(23)31-26)25-13-5-7-19-10-6-14-29-27(19)25/h2-4,6,8-12,14,25,34H,5,7,13,15-18,28H2,1H3,(H,30,31). The van der Waals surface area contributed by atoms with Crippen molar-refractivity contribution in [1.82, 2.24) is 25.1 Å². The lowest BCUT2D eigenvalue weighted by Gasteiger charge is -2.35. The monoisotopic (exact) mass is 472 g/mol. The fourth-order valence-electron chi connectivity index (χ4n) is 5.07. The highest BCUT2D eigenvalue weighted by Gasteiger charge is 2.29. The lowest BCUT2D eigenvalue weighted by Crippen LogP contribution is -2.32. The molecule has 0 fully saturated rings. The molecule has 0 saturated carbocycles. The molecule has 8 nitrogen and oxygen atoms in total. The summed E-state index contributed by atoms with van der Waals surface area (Å²) in [4.78, 5) is 21.0. The predicted octanol–water partition coefficient (Wildman–Crippen LogP) is 4.25. The number of aromatic amines is 1. The number of rotatable bonds is 9. The van der Waals surface area contributed by atoms with E-state index in [1.54, 1.807) is 0 Å². The van der Waals surface area contributed by atoms with E-state index in [0.717, 1.165) is 63.7 Å². The largest absolute Gasteiger partial charge is 0.341 e. The Morgan fingerprint density at radius 1 is 1.09 bits per heavy atom. The second-order valence-electron chi connectivity index (χ2n) is 9.06. The quantitative estimate of drug-likeness (QED) is 0.313. The highest BCUT2D eigenvalue weighted by atomic mass is 16.9. The van der Waals surface area contributed by atoms with Crippen LogP contribution in [0.1, 0.15) is 52.7 Å². The van der Waals surface area contributed by atoms with E-state index < -0.39 is 0 Å². The molecule has 0 aliphatic heterocycles. The average Bonchev–Trinajstić information content (AvgIpc) is 3.29. The van der Waals surface area contributed by atoms with Crippen LogP contribution in [0.5, 0.6) is 0 Å². The molecule has 5 rings (SSSR count). The van der Waals surface area contributed by atoms with Gasteiger partial charge in [-0.05, 0) is 59.7 Å². The highest BCUT2D eigenvalue weighted by Crippen LogP contribution is 2.35. The van der Waals surface area contributed by atoms with E-state index >= 15 is 0 Å². The molecule has 0 bridgehead atoms. The maximum absolute atomic E-state index is 9.55. The number of aryl methyl sites for hydroxylation is 1. The maximum Gasteiger partial charge on any atom is 0.121 e. The van der Waals surface area contributed by atoms with Crippen LogP contribution in [-0.2, 0) is 37.5 Å². The number of H-pyrrole nitrogens is 1. The molecule has 2 heterocycles. The Bertz CT molecular complexity index is 1250. The van der Waals surface area contributed by atoms with Crippen molar-refractivity contribution in [3.8, 4) is 0 Å². The van der Waals surface area contributed by atoms with E-state index in [1.165, 1.54) is 12.6 Å². The molecule has 35 heavy (non-hydrogen) atoms. The van der Waals surface area contributed by atoms with Crippen LogP contribution in [0.15, 0.2) is 60.8 Å². The number of nitrogens with one attached hydrogen (secondary N) is 1. The molecule has 0 spiro atoms. The molecule has 2 aromatic carbocycles. The molecule has 2 aromatic heterocycles. The molecule has 4 aromatic rings. The Labute approximate surface area is 205 Å². The van der Waals surface area contributed by atoms with Crippen molar-refractivity contribution in [2.24, 2.45) is 5.73 Å².